The minimum atomic E-state index is -3.90. The second kappa shape index (κ2) is 8.61. The van der Waals surface area contributed by atoms with Gasteiger partial charge in [0.2, 0.25) is 16.0 Å². The maximum atomic E-state index is 13.2. The number of ether oxygens (including phenoxy) is 2. The molecule has 1 N–H and O–H groups in total. The van der Waals surface area contributed by atoms with Gasteiger partial charge in [0, 0.05) is 37.6 Å². The van der Waals surface area contributed by atoms with E-state index in [-0.39, 0.29) is 23.2 Å². The van der Waals surface area contributed by atoms with Gasteiger partial charge < -0.3 is 9.47 Å². The molecule has 2 aromatic rings. The lowest BCUT2D eigenvalue weighted by molar-refractivity contribution is 0.0764. The van der Waals surface area contributed by atoms with Gasteiger partial charge in [-0.2, -0.15) is 0 Å². The normalized spacial score (nSPS) is 22.6. The average molecular weight is 471 g/mol. The molecule has 4 rings (SSSR count). The first-order valence-corrected chi connectivity index (χ1v) is 12.2. The molecule has 0 spiro atoms. The summed E-state index contributed by atoms with van der Waals surface area (Å²) in [5.41, 5.74) is -0.197. The molecule has 31 heavy (non-hydrogen) atoms. The predicted octanol–water partition coefficient (Wildman–Crippen LogP) is 2.64. The number of sulfonamides is 1. The van der Waals surface area contributed by atoms with E-state index in [4.69, 9.17) is 21.1 Å². The van der Waals surface area contributed by atoms with Gasteiger partial charge in [-0.25, -0.2) is 18.4 Å². The predicted molar refractivity (Wildman–Crippen MR) is 114 cm³/mol. The van der Waals surface area contributed by atoms with Gasteiger partial charge in [0.25, 0.3) is 0 Å². The Hall–Kier alpha value is -1.82. The molecule has 0 bridgehead atoms. The highest BCUT2D eigenvalue weighted by Gasteiger charge is 2.45. The van der Waals surface area contributed by atoms with Crippen molar-refractivity contribution in [3.05, 3.63) is 29.1 Å². The number of halogens is 1. The van der Waals surface area contributed by atoms with Gasteiger partial charge in [0.05, 0.1) is 11.6 Å². The van der Waals surface area contributed by atoms with E-state index < -0.39 is 21.4 Å². The monoisotopic (exact) mass is 470 g/mol. The Balaban J connectivity index is 1.61. The van der Waals surface area contributed by atoms with Gasteiger partial charge in [-0.05, 0) is 39.5 Å². The van der Waals surface area contributed by atoms with Crippen LogP contribution in [0.4, 0.5) is 5.95 Å². The fourth-order valence-corrected chi connectivity index (χ4v) is 5.10. The number of methoxy groups -OCH3 is 1. The van der Waals surface area contributed by atoms with Gasteiger partial charge in [-0.1, -0.05) is 11.6 Å². The van der Waals surface area contributed by atoms with E-state index in [1.807, 2.05) is 4.57 Å². The van der Waals surface area contributed by atoms with Crippen LogP contribution in [0.25, 0.3) is 0 Å². The fraction of sp³-hybridized carbons (Fsp3) is 0.684. The summed E-state index contributed by atoms with van der Waals surface area (Å²) in [6, 6.07) is 0. The summed E-state index contributed by atoms with van der Waals surface area (Å²) < 4.78 is 42.1. The summed E-state index contributed by atoms with van der Waals surface area (Å²) in [4.78, 5) is 8.23. The highest BCUT2D eigenvalue weighted by atomic mass is 35.5. The van der Waals surface area contributed by atoms with Crippen LogP contribution < -0.4 is 4.72 Å². The number of hydrogen-bond acceptors (Lipinski definition) is 8. The van der Waals surface area contributed by atoms with Crippen LogP contribution in [-0.4, -0.2) is 58.7 Å². The lowest BCUT2D eigenvalue weighted by atomic mass is 10.0. The maximum absolute atomic E-state index is 13.2. The highest BCUT2D eigenvalue weighted by molar-refractivity contribution is 7.93. The zero-order chi connectivity index (χ0) is 22.2. The van der Waals surface area contributed by atoms with Crippen LogP contribution >= 0.6 is 11.6 Å². The van der Waals surface area contributed by atoms with E-state index in [1.54, 1.807) is 6.92 Å². The number of aromatic nitrogens is 5. The molecule has 2 fully saturated rings. The molecule has 10 nitrogen and oxygen atoms in total. The molecule has 170 valence electrons. The van der Waals surface area contributed by atoms with E-state index in [0.29, 0.717) is 11.6 Å². The molecule has 3 atom stereocenters. The Morgan fingerprint density at radius 3 is 2.61 bits per heavy atom. The molecule has 2 aliphatic rings. The maximum Gasteiger partial charge on any atom is 0.240 e. The minimum absolute atomic E-state index is 0.101. The Bertz CT molecular complexity index is 1020. The first-order chi connectivity index (χ1) is 14.7. The molecular formula is C19H27ClN6O4S. The van der Waals surface area contributed by atoms with Crippen LogP contribution in [0.5, 0.6) is 0 Å². The minimum Gasteiger partial charge on any atom is -0.381 e. The Kier molecular flexibility index (Phi) is 6.21. The molecule has 1 saturated heterocycles. The molecule has 2 aromatic heterocycles. The smallest absolute Gasteiger partial charge is 0.240 e. The lowest BCUT2D eigenvalue weighted by Crippen LogP contribution is -2.34. The van der Waals surface area contributed by atoms with Crippen LogP contribution in [0.2, 0.25) is 5.02 Å². The highest BCUT2D eigenvalue weighted by Crippen LogP contribution is 2.47. The number of nitrogens with zero attached hydrogens (tertiary/aromatic N) is 5. The summed E-state index contributed by atoms with van der Waals surface area (Å²) >= 11 is 5.85. The van der Waals surface area contributed by atoms with Crippen molar-refractivity contribution >= 4 is 27.6 Å². The first kappa shape index (κ1) is 22.4. The SMILES string of the molecule is COC(c1ncc(Cl)cn1)C(C)S(=O)(=O)Nc1nnc([C@H]2CCCOC2)n1C1(C)CC1. The van der Waals surface area contributed by atoms with Crippen molar-refractivity contribution in [2.24, 2.45) is 0 Å². The summed E-state index contributed by atoms with van der Waals surface area (Å²) in [5.74, 6) is 1.33. The number of rotatable bonds is 8. The second-order valence-electron chi connectivity index (χ2n) is 8.40. The van der Waals surface area contributed by atoms with Crippen molar-refractivity contribution in [2.75, 3.05) is 25.0 Å². The largest absolute Gasteiger partial charge is 0.381 e. The molecular weight excluding hydrogens is 444 g/mol. The van der Waals surface area contributed by atoms with E-state index in [9.17, 15) is 8.42 Å². The topological polar surface area (TPSA) is 121 Å². The molecule has 1 saturated carbocycles. The van der Waals surface area contributed by atoms with Gasteiger partial charge in [0.15, 0.2) is 5.82 Å². The van der Waals surface area contributed by atoms with Crippen molar-refractivity contribution in [3.63, 3.8) is 0 Å². The average Bonchev–Trinajstić information content (AvgIpc) is 3.36. The van der Waals surface area contributed by atoms with E-state index in [1.165, 1.54) is 19.5 Å². The van der Waals surface area contributed by atoms with Crippen LogP contribution in [0.1, 0.15) is 63.2 Å². The molecule has 0 amide bonds. The summed E-state index contributed by atoms with van der Waals surface area (Å²) in [5, 5.41) is 7.94. The number of hydrogen-bond donors (Lipinski definition) is 1. The lowest BCUT2D eigenvalue weighted by Gasteiger charge is -2.26. The molecule has 1 aliphatic heterocycles. The fourth-order valence-electron chi connectivity index (χ4n) is 3.87. The zero-order valence-corrected chi connectivity index (χ0v) is 19.4. The quantitative estimate of drug-likeness (QED) is 0.624. The second-order valence-corrected chi connectivity index (χ2v) is 10.9. The molecule has 12 heteroatoms. The Labute approximate surface area is 186 Å². The third-order valence-electron chi connectivity index (χ3n) is 6.03. The van der Waals surface area contributed by atoms with Crippen molar-refractivity contribution in [3.8, 4) is 0 Å². The molecule has 0 aromatic carbocycles. The Morgan fingerprint density at radius 2 is 2.03 bits per heavy atom. The van der Waals surface area contributed by atoms with Gasteiger partial charge in [-0.15, -0.1) is 10.2 Å². The summed E-state index contributed by atoms with van der Waals surface area (Å²) in [6.07, 6.45) is 5.70. The zero-order valence-electron chi connectivity index (χ0n) is 17.8. The number of anilines is 1. The van der Waals surface area contributed by atoms with Crippen molar-refractivity contribution < 1.29 is 17.9 Å². The standard InChI is InChI=1S/C19H27ClN6O4S/c1-12(15(29-3)16-21-9-14(20)10-22-16)31(27,28)25-18-24-23-17(13-5-4-8-30-11-13)26(18)19(2)6-7-19/h9-10,12-13,15H,4-8,11H2,1-3H3,(H,24,25)/t12?,13-,15?/m0/s1. The number of nitrogens with one attached hydrogen (secondary N) is 1. The van der Waals surface area contributed by atoms with Crippen LogP contribution in [-0.2, 0) is 25.0 Å². The van der Waals surface area contributed by atoms with Crippen molar-refractivity contribution in [2.45, 2.75) is 62.3 Å². The van der Waals surface area contributed by atoms with Crippen molar-refractivity contribution in [1.82, 2.24) is 24.7 Å². The van der Waals surface area contributed by atoms with E-state index in [0.717, 1.165) is 38.1 Å². The molecule has 2 unspecified atom stereocenters. The van der Waals surface area contributed by atoms with E-state index in [2.05, 4.69) is 31.8 Å². The third-order valence-corrected chi connectivity index (χ3v) is 7.91. The Morgan fingerprint density at radius 1 is 1.32 bits per heavy atom. The molecule has 0 radical (unpaired) electrons. The molecule has 1 aliphatic carbocycles. The third kappa shape index (κ3) is 4.55. The van der Waals surface area contributed by atoms with Gasteiger partial charge in [0.1, 0.15) is 17.2 Å². The van der Waals surface area contributed by atoms with E-state index >= 15 is 0 Å². The van der Waals surface area contributed by atoms with Gasteiger partial charge >= 0.3 is 0 Å². The molecule has 3 heterocycles. The van der Waals surface area contributed by atoms with Crippen molar-refractivity contribution in [1.29, 1.82) is 0 Å². The van der Waals surface area contributed by atoms with Crippen LogP contribution in [0.3, 0.4) is 0 Å². The van der Waals surface area contributed by atoms with Crippen LogP contribution in [0, 0.1) is 0 Å². The summed E-state index contributed by atoms with van der Waals surface area (Å²) in [6.45, 7) is 4.94. The van der Waals surface area contributed by atoms with Gasteiger partial charge in [-0.3, -0.25) is 9.29 Å². The summed E-state index contributed by atoms with van der Waals surface area (Å²) in [7, 11) is -2.48. The first-order valence-electron chi connectivity index (χ1n) is 10.3. The van der Waals surface area contributed by atoms with Crippen LogP contribution in [0.15, 0.2) is 12.4 Å².